The normalized spacial score (nSPS) is 13.8. The van der Waals surface area contributed by atoms with Gasteiger partial charge in [0.2, 0.25) is 0 Å². The maximum Gasteiger partial charge on any atom is 0.142 e. The second-order valence-corrected chi connectivity index (χ2v) is 14.3. The molecule has 2 unspecified atom stereocenters. The Balaban J connectivity index is 1.42. The third-order valence-corrected chi connectivity index (χ3v) is 13.2. The largest absolute Gasteiger partial charge is 0.455 e. The number of hydrogen-bond acceptors (Lipinski definition) is 4. The molecule has 0 fully saturated rings. The van der Waals surface area contributed by atoms with Gasteiger partial charge in [-0.15, -0.1) is 0 Å². The number of rotatable bonds is 0. The zero-order valence-corrected chi connectivity index (χ0v) is 22.7. The van der Waals surface area contributed by atoms with E-state index in [1.165, 1.54) is 26.2 Å². The molecule has 4 nitrogen and oxygen atoms in total. The van der Waals surface area contributed by atoms with Gasteiger partial charge in [0, 0.05) is 26.2 Å². The summed E-state index contributed by atoms with van der Waals surface area (Å²) in [4.78, 5) is 0. The van der Waals surface area contributed by atoms with Gasteiger partial charge in [-0.3, -0.25) is 0 Å². The van der Waals surface area contributed by atoms with E-state index in [9.17, 15) is 0 Å². The first-order valence-electron chi connectivity index (χ1n) is 13.2. The van der Waals surface area contributed by atoms with Gasteiger partial charge >= 0.3 is 0 Å². The lowest BCUT2D eigenvalue weighted by molar-refractivity contribution is 0.489. The predicted octanol–water partition coefficient (Wildman–Crippen LogP) is 11.9. The number of benzene rings is 6. The van der Waals surface area contributed by atoms with E-state index in [0.29, 0.717) is 0 Å². The molecule has 6 aromatic carbocycles. The number of hydrogen-bond donors (Lipinski definition) is 0. The molecule has 2 aromatic heterocycles. The monoisotopic (exact) mass is 552 g/mol. The topological polar surface area (TPSA) is 44.7 Å². The Kier molecular flexibility index (Phi) is 3.99. The molecule has 40 heavy (non-hydrogen) atoms. The van der Waals surface area contributed by atoms with Crippen LogP contribution in [0.3, 0.4) is 0 Å². The summed E-state index contributed by atoms with van der Waals surface area (Å²) in [6, 6.07) is 37.9. The van der Waals surface area contributed by atoms with E-state index >= 15 is 0 Å². The van der Waals surface area contributed by atoms with Gasteiger partial charge in [-0.25, -0.2) is 0 Å². The van der Waals surface area contributed by atoms with Gasteiger partial charge in [0.05, 0.1) is 10.2 Å². The van der Waals surface area contributed by atoms with Crippen LogP contribution in [0.5, 0.6) is 23.0 Å². The van der Waals surface area contributed by atoms with Crippen molar-refractivity contribution in [2.45, 2.75) is 0 Å². The van der Waals surface area contributed by atoms with Crippen LogP contribution in [-0.4, -0.2) is 0 Å². The van der Waals surface area contributed by atoms with Crippen LogP contribution in [0.25, 0.3) is 64.2 Å². The second-order valence-electron chi connectivity index (χ2n) is 10.2. The highest BCUT2D eigenvalue weighted by Gasteiger charge is 2.26. The lowest BCUT2D eigenvalue weighted by atomic mass is 10.1. The highest BCUT2D eigenvalue weighted by Crippen LogP contribution is 2.64. The minimum atomic E-state index is -0.888. The van der Waals surface area contributed by atoms with Crippen molar-refractivity contribution >= 4 is 68.6 Å². The maximum atomic E-state index is 6.66. The number of ether oxygens (including phenoxy) is 2. The van der Waals surface area contributed by atoms with Gasteiger partial charge in [-0.05, 0) is 72.1 Å². The summed E-state index contributed by atoms with van der Waals surface area (Å²) in [5, 5.41) is 9.53. The average molecular weight is 552 g/mol. The van der Waals surface area contributed by atoms with Gasteiger partial charge in [0.25, 0.3) is 0 Å². The Bertz CT molecular complexity index is 2450. The molecule has 0 radical (unpaired) electrons. The van der Waals surface area contributed by atoms with E-state index in [0.717, 1.165) is 61.0 Å². The van der Waals surface area contributed by atoms with Crippen LogP contribution >= 0.6 is 15.1 Å². The molecule has 0 spiro atoms. The average Bonchev–Trinajstić information content (AvgIpc) is 3.00. The third kappa shape index (κ3) is 2.68. The van der Waals surface area contributed by atoms with E-state index in [4.69, 9.17) is 18.3 Å². The van der Waals surface area contributed by atoms with Crippen molar-refractivity contribution in [3.05, 3.63) is 109 Å². The van der Waals surface area contributed by atoms with Gasteiger partial charge in [-0.1, -0.05) is 57.5 Å². The Morgan fingerprint density at radius 1 is 0.425 bits per heavy atom. The van der Waals surface area contributed by atoms with Crippen LogP contribution in [0.4, 0.5) is 0 Å². The fourth-order valence-electron chi connectivity index (χ4n) is 6.30. The molecule has 0 saturated carbocycles. The SMILES string of the molecule is c1ccc2c(c1)Oc1cccc3oc4cc5c(ccc6oc7cccc8c7p(c65)-c5ccccc5O8)cc4p-2c13. The summed E-state index contributed by atoms with van der Waals surface area (Å²) >= 11 is 0. The van der Waals surface area contributed by atoms with E-state index in [-0.39, 0.29) is 0 Å². The van der Waals surface area contributed by atoms with Crippen molar-refractivity contribution in [2.24, 2.45) is 0 Å². The first kappa shape index (κ1) is 21.2. The lowest BCUT2D eigenvalue weighted by Crippen LogP contribution is -1.93. The molecule has 0 saturated heterocycles. The van der Waals surface area contributed by atoms with Gasteiger partial charge in [0.15, 0.2) is 0 Å². The number of para-hydroxylation sites is 2. The molecule has 10 rings (SSSR count). The molecular formula is C34H18O4P2. The van der Waals surface area contributed by atoms with Crippen molar-refractivity contribution in [3.63, 3.8) is 0 Å². The van der Waals surface area contributed by atoms with Crippen LogP contribution < -0.4 is 9.47 Å². The van der Waals surface area contributed by atoms with E-state index in [2.05, 4.69) is 66.7 Å². The first-order valence-corrected chi connectivity index (χ1v) is 15.9. The second kappa shape index (κ2) is 7.52. The molecule has 8 aromatic rings. The number of fused-ring (bicyclic) bond motifs is 10. The zero-order valence-electron chi connectivity index (χ0n) is 20.9. The quantitative estimate of drug-likeness (QED) is 0.139. The van der Waals surface area contributed by atoms with Crippen LogP contribution in [0.1, 0.15) is 0 Å². The molecule has 0 bridgehead atoms. The molecule has 188 valence electrons. The maximum absolute atomic E-state index is 6.66. The molecule has 6 heteroatoms. The van der Waals surface area contributed by atoms with Crippen molar-refractivity contribution in [2.75, 3.05) is 0 Å². The van der Waals surface area contributed by atoms with Crippen LogP contribution in [0, 0.1) is 0 Å². The Morgan fingerprint density at radius 2 is 1.00 bits per heavy atom. The fraction of sp³-hybridized carbons (Fsp3) is 0. The van der Waals surface area contributed by atoms with Gasteiger partial charge in [-0.2, -0.15) is 0 Å². The van der Waals surface area contributed by atoms with E-state index in [1.54, 1.807) is 0 Å². The van der Waals surface area contributed by atoms with Crippen molar-refractivity contribution in [1.82, 2.24) is 0 Å². The predicted molar refractivity (Wildman–Crippen MR) is 164 cm³/mol. The molecular weight excluding hydrogens is 534 g/mol. The summed E-state index contributed by atoms with van der Waals surface area (Å²) < 4.78 is 25.9. The highest BCUT2D eigenvalue weighted by atomic mass is 31.1. The van der Waals surface area contributed by atoms with Crippen LogP contribution in [0.2, 0.25) is 0 Å². The lowest BCUT2D eigenvalue weighted by Gasteiger charge is -2.24. The minimum absolute atomic E-state index is 0.825. The fourth-order valence-corrected chi connectivity index (χ4v) is 11.6. The molecule has 2 aliphatic rings. The molecule has 2 aliphatic heterocycles. The van der Waals surface area contributed by atoms with Crippen LogP contribution in [-0.2, 0) is 0 Å². The molecule has 0 amide bonds. The smallest absolute Gasteiger partial charge is 0.142 e. The summed E-state index contributed by atoms with van der Waals surface area (Å²) in [7, 11) is -1.71. The third-order valence-electron chi connectivity index (χ3n) is 7.96. The van der Waals surface area contributed by atoms with E-state index < -0.39 is 15.1 Å². The summed E-state index contributed by atoms with van der Waals surface area (Å²) in [6.45, 7) is 0. The zero-order chi connectivity index (χ0) is 25.9. The van der Waals surface area contributed by atoms with Gasteiger partial charge < -0.3 is 18.3 Å². The minimum Gasteiger partial charge on any atom is -0.455 e. The van der Waals surface area contributed by atoms with E-state index in [1.807, 2.05) is 42.5 Å². The standard InChI is InChI=1S/C34H18O4P2/c1-3-13-29-21(7-1)35-23-9-5-10-24-33(23)39(29)31-17-19-15-16-27-32(20(19)18-28(31)38-24)40-30-14-4-2-8-22(30)36-25-11-6-12-26(37-27)34(25)40/h1-18H. The Labute approximate surface area is 229 Å². The first-order chi connectivity index (χ1) is 19.8. The Morgan fingerprint density at radius 3 is 1.73 bits per heavy atom. The van der Waals surface area contributed by atoms with Crippen molar-refractivity contribution in [1.29, 1.82) is 0 Å². The summed E-state index contributed by atoms with van der Waals surface area (Å²) in [5.41, 5.74) is 3.56. The van der Waals surface area contributed by atoms with Crippen molar-refractivity contribution < 1.29 is 18.3 Å². The summed E-state index contributed by atoms with van der Waals surface area (Å²) in [6.07, 6.45) is 0. The molecule has 0 aliphatic carbocycles. The highest BCUT2D eigenvalue weighted by molar-refractivity contribution is 7.68. The van der Waals surface area contributed by atoms with Gasteiger partial charge in [0.1, 0.15) is 45.3 Å². The molecule has 0 N–H and O–H groups in total. The van der Waals surface area contributed by atoms with Crippen molar-refractivity contribution in [3.8, 4) is 33.6 Å². The molecule has 4 heterocycles. The summed E-state index contributed by atoms with van der Waals surface area (Å²) in [5.74, 6) is 3.61. The Hall–Kier alpha value is -4.62. The van der Waals surface area contributed by atoms with Crippen LogP contribution in [0.15, 0.2) is 118 Å². The molecule has 2 atom stereocenters.